The Balaban J connectivity index is 2.15. The number of nitroso groups, excluding NO2 is 2. The second-order valence-corrected chi connectivity index (χ2v) is 7.37. The zero-order chi connectivity index (χ0) is 23.0. The van der Waals surface area contributed by atoms with Crippen LogP contribution in [0.15, 0.2) is 38.8 Å². The van der Waals surface area contributed by atoms with Crippen molar-refractivity contribution in [2.75, 3.05) is 13.6 Å². The fourth-order valence-corrected chi connectivity index (χ4v) is 4.50. The number of rotatable bonds is 4. The fourth-order valence-electron chi connectivity index (χ4n) is 4.50. The second-order valence-electron chi connectivity index (χ2n) is 7.37. The molecule has 0 spiro atoms. The molecule has 1 atom stereocenters. The van der Waals surface area contributed by atoms with Crippen LogP contribution in [0.25, 0.3) is 32.0 Å². The maximum atomic E-state index is 12.7. The van der Waals surface area contributed by atoms with Crippen LogP contribution in [0.2, 0.25) is 0 Å². The van der Waals surface area contributed by atoms with Gasteiger partial charge in [0.25, 0.3) is 11.8 Å². The van der Waals surface area contributed by atoms with E-state index in [-0.39, 0.29) is 28.5 Å². The van der Waals surface area contributed by atoms with Crippen molar-refractivity contribution in [2.24, 2.45) is 20.6 Å². The van der Waals surface area contributed by atoms with Gasteiger partial charge in [0.1, 0.15) is 11.4 Å². The van der Waals surface area contributed by atoms with Crippen LogP contribution < -0.4 is 0 Å². The first-order chi connectivity index (χ1) is 15.4. The molecule has 1 aliphatic heterocycles. The van der Waals surface area contributed by atoms with Crippen LogP contribution in [0.4, 0.5) is 11.4 Å². The lowest BCUT2D eigenvalue weighted by Gasteiger charge is -2.40. The summed E-state index contributed by atoms with van der Waals surface area (Å²) < 4.78 is 0. The van der Waals surface area contributed by atoms with E-state index >= 15 is 0 Å². The van der Waals surface area contributed by atoms with Crippen molar-refractivity contribution in [1.29, 1.82) is 0 Å². The highest BCUT2D eigenvalue weighted by atomic mass is 16.3. The molecule has 0 saturated carbocycles. The second kappa shape index (κ2) is 8.00. The number of benzene rings is 2. The molecule has 1 heterocycles. The summed E-state index contributed by atoms with van der Waals surface area (Å²) in [6.07, 6.45) is 1.02. The van der Waals surface area contributed by atoms with Gasteiger partial charge in [0.05, 0.1) is 11.1 Å². The lowest BCUT2D eigenvalue weighted by Crippen LogP contribution is -2.36. The first-order valence-corrected chi connectivity index (χ1v) is 9.38. The number of likely N-dealkylation sites (N-methyl/N-ethyl adjacent to an activating group) is 1. The first kappa shape index (κ1) is 20.8. The SMILES string of the molecule is CN1CCc2cc(N=O)c(C(=O)N=[N+]=[N-])c3c2C1Cc1cc(N=O)c(C(=O)N=[N+]=[N-])cc1-3. The van der Waals surface area contributed by atoms with Crippen molar-refractivity contribution in [3.8, 4) is 11.1 Å². The third-order valence-corrected chi connectivity index (χ3v) is 5.85. The summed E-state index contributed by atoms with van der Waals surface area (Å²) in [5, 5.41) is 12.1. The molecule has 2 aromatic rings. The van der Waals surface area contributed by atoms with Crippen LogP contribution in [0.5, 0.6) is 0 Å². The summed E-state index contributed by atoms with van der Waals surface area (Å²) in [5.74, 6) is -2.02. The minimum Gasteiger partial charge on any atom is -0.299 e. The van der Waals surface area contributed by atoms with E-state index in [2.05, 4.69) is 35.3 Å². The zero-order valence-electron chi connectivity index (χ0n) is 16.6. The summed E-state index contributed by atoms with van der Waals surface area (Å²) in [4.78, 5) is 55.1. The monoisotopic (exact) mass is 431 g/mol. The summed E-state index contributed by atoms with van der Waals surface area (Å²) in [6, 6.07) is 4.03. The molecular weight excluding hydrogens is 418 g/mol. The standard InChI is InChI=1S/C19H13N9O4/c1-28-3-2-8-4-13(25-32)17(19(30)23-27-21)16-10-7-11(18(29)22-26-20)12(24-31)5-9(10)6-14(28)15(8)16/h4-5,7,14H,2-3,6H2,1H3. The number of nitrogens with zero attached hydrogens (tertiary/aromatic N) is 9. The van der Waals surface area contributed by atoms with Crippen LogP contribution in [0.1, 0.15) is 43.4 Å². The summed E-state index contributed by atoms with van der Waals surface area (Å²) in [7, 11) is 1.90. The zero-order valence-corrected chi connectivity index (χ0v) is 16.6. The predicted molar refractivity (Wildman–Crippen MR) is 113 cm³/mol. The molecule has 1 aliphatic carbocycles. The average Bonchev–Trinajstić information content (AvgIpc) is 2.79. The first-order valence-electron chi connectivity index (χ1n) is 9.38. The number of amides is 2. The molecule has 2 amide bonds. The van der Waals surface area contributed by atoms with E-state index in [1.807, 2.05) is 7.05 Å². The molecule has 2 aromatic carbocycles. The largest absolute Gasteiger partial charge is 0.299 e. The van der Waals surface area contributed by atoms with Gasteiger partial charge in [-0.3, -0.25) is 14.5 Å². The Morgan fingerprint density at radius 1 is 1.00 bits per heavy atom. The molecule has 2 aliphatic rings. The molecule has 13 nitrogen and oxygen atoms in total. The summed E-state index contributed by atoms with van der Waals surface area (Å²) in [5.41, 5.74) is 19.4. The van der Waals surface area contributed by atoms with E-state index in [4.69, 9.17) is 11.1 Å². The van der Waals surface area contributed by atoms with Gasteiger partial charge in [-0.05, 0) is 92.0 Å². The van der Waals surface area contributed by atoms with Gasteiger partial charge in [-0.1, -0.05) is 0 Å². The normalized spacial score (nSPS) is 16.0. The van der Waals surface area contributed by atoms with Gasteiger partial charge in [0.15, 0.2) is 0 Å². The molecule has 0 fully saturated rings. The van der Waals surface area contributed by atoms with Crippen molar-refractivity contribution in [2.45, 2.75) is 18.9 Å². The van der Waals surface area contributed by atoms with E-state index in [1.165, 1.54) is 18.2 Å². The van der Waals surface area contributed by atoms with Crippen LogP contribution >= 0.6 is 0 Å². The Kier molecular flexibility index (Phi) is 5.21. The van der Waals surface area contributed by atoms with Crippen molar-refractivity contribution < 1.29 is 9.59 Å². The molecule has 0 aromatic heterocycles. The van der Waals surface area contributed by atoms with Crippen molar-refractivity contribution >= 4 is 23.2 Å². The van der Waals surface area contributed by atoms with Crippen molar-refractivity contribution in [1.82, 2.24) is 4.90 Å². The van der Waals surface area contributed by atoms with Crippen molar-refractivity contribution in [3.63, 3.8) is 0 Å². The summed E-state index contributed by atoms with van der Waals surface area (Å²) in [6.45, 7) is 0.681. The minimum absolute atomic E-state index is 0.187. The minimum atomic E-state index is -1.02. The summed E-state index contributed by atoms with van der Waals surface area (Å²) >= 11 is 0. The molecule has 0 bridgehead atoms. The van der Waals surface area contributed by atoms with E-state index in [9.17, 15) is 19.4 Å². The number of hydrogen-bond donors (Lipinski definition) is 0. The van der Waals surface area contributed by atoms with Gasteiger partial charge in [-0.15, -0.1) is 9.81 Å². The molecule has 13 heteroatoms. The molecule has 158 valence electrons. The van der Waals surface area contributed by atoms with Crippen molar-refractivity contribution in [3.05, 3.63) is 76.7 Å². The number of fused-ring (bicyclic) bond motifs is 2. The fraction of sp³-hybridized carbons (Fsp3) is 0.263. The smallest absolute Gasteiger partial charge is 0.252 e. The Hall–Kier alpha value is -4.44. The predicted octanol–water partition coefficient (Wildman–Crippen LogP) is 5.14. The Labute approximate surface area is 179 Å². The van der Waals surface area contributed by atoms with Gasteiger partial charge < -0.3 is 0 Å². The maximum Gasteiger partial charge on any atom is 0.252 e. The topological polar surface area (TPSA) is 194 Å². The number of carbonyl (C=O) groups is 2. The molecular formula is C19H13N9O4. The highest BCUT2D eigenvalue weighted by molar-refractivity contribution is 6.09. The van der Waals surface area contributed by atoms with Crippen LogP contribution in [-0.2, 0) is 12.8 Å². The van der Waals surface area contributed by atoms with Crippen LogP contribution in [-0.4, -0.2) is 30.3 Å². The molecule has 32 heavy (non-hydrogen) atoms. The van der Waals surface area contributed by atoms with E-state index in [0.29, 0.717) is 36.1 Å². The highest BCUT2D eigenvalue weighted by Gasteiger charge is 2.37. The third kappa shape index (κ3) is 3.10. The van der Waals surface area contributed by atoms with E-state index in [1.54, 1.807) is 0 Å². The molecule has 4 rings (SSSR count). The lowest BCUT2D eigenvalue weighted by atomic mass is 9.74. The van der Waals surface area contributed by atoms with Gasteiger partial charge in [0.2, 0.25) is 0 Å². The van der Waals surface area contributed by atoms with Crippen LogP contribution in [0, 0.1) is 9.81 Å². The highest BCUT2D eigenvalue weighted by Crippen LogP contribution is 2.50. The Morgan fingerprint density at radius 3 is 2.31 bits per heavy atom. The molecule has 0 N–H and O–H groups in total. The molecule has 1 unspecified atom stereocenters. The average molecular weight is 431 g/mol. The molecule has 0 radical (unpaired) electrons. The van der Waals surface area contributed by atoms with Gasteiger partial charge in [-0.2, -0.15) is 0 Å². The van der Waals surface area contributed by atoms with Crippen LogP contribution in [0.3, 0.4) is 0 Å². The third-order valence-electron chi connectivity index (χ3n) is 5.85. The van der Waals surface area contributed by atoms with E-state index in [0.717, 1.165) is 11.1 Å². The van der Waals surface area contributed by atoms with Gasteiger partial charge in [-0.25, -0.2) is 0 Å². The lowest BCUT2D eigenvalue weighted by molar-refractivity contribution is 0.0993. The number of hydrogen-bond acceptors (Lipinski definition) is 7. The Bertz CT molecular complexity index is 1320. The number of carbonyl (C=O) groups excluding carboxylic acids is 2. The number of azide groups is 2. The van der Waals surface area contributed by atoms with Gasteiger partial charge in [0, 0.05) is 28.0 Å². The van der Waals surface area contributed by atoms with Gasteiger partial charge >= 0.3 is 0 Å². The van der Waals surface area contributed by atoms with E-state index < -0.39 is 11.8 Å². The maximum absolute atomic E-state index is 12.7. The quantitative estimate of drug-likeness (QED) is 0.279. The molecule has 0 saturated heterocycles. The Morgan fingerprint density at radius 2 is 1.66 bits per heavy atom.